The lowest BCUT2D eigenvalue weighted by molar-refractivity contribution is -0.118. The lowest BCUT2D eigenvalue weighted by Crippen LogP contribution is -2.02. The molecule has 0 aliphatic heterocycles. The maximum absolute atomic E-state index is 13.5. The van der Waals surface area contributed by atoms with Gasteiger partial charge in [-0.2, -0.15) is 4.98 Å². The van der Waals surface area contributed by atoms with Crippen molar-refractivity contribution < 1.29 is 18.1 Å². The van der Waals surface area contributed by atoms with E-state index in [2.05, 4.69) is 10.1 Å². The predicted octanol–water partition coefficient (Wildman–Crippen LogP) is 2.85. The van der Waals surface area contributed by atoms with Gasteiger partial charge in [0, 0.05) is 18.9 Å². The Labute approximate surface area is 114 Å². The third-order valence-corrected chi connectivity index (χ3v) is 2.75. The summed E-state index contributed by atoms with van der Waals surface area (Å²) in [5.74, 6) is -0.768. The van der Waals surface area contributed by atoms with Crippen molar-refractivity contribution in [2.45, 2.75) is 32.6 Å². The Kier molecular flexibility index (Phi) is 4.55. The van der Waals surface area contributed by atoms with Gasteiger partial charge in [-0.15, -0.1) is 0 Å². The Bertz CT molecular complexity index is 611. The maximum atomic E-state index is 13.5. The number of hydrogen-bond acceptors (Lipinski definition) is 4. The molecule has 4 nitrogen and oxygen atoms in total. The molecule has 20 heavy (non-hydrogen) atoms. The average Bonchev–Trinajstić information content (AvgIpc) is 2.80. The van der Waals surface area contributed by atoms with E-state index in [1.54, 1.807) is 0 Å². The Morgan fingerprint density at radius 3 is 2.85 bits per heavy atom. The first-order valence-electron chi connectivity index (χ1n) is 6.35. The Morgan fingerprint density at radius 2 is 2.15 bits per heavy atom. The molecule has 0 spiro atoms. The molecule has 0 aliphatic rings. The van der Waals surface area contributed by atoms with Gasteiger partial charge in [0.1, 0.15) is 17.4 Å². The molecule has 0 radical (unpaired) electrons. The van der Waals surface area contributed by atoms with Gasteiger partial charge in [-0.3, -0.25) is 4.79 Å². The summed E-state index contributed by atoms with van der Waals surface area (Å²) in [5.41, 5.74) is 0.277. The highest BCUT2D eigenvalue weighted by atomic mass is 19.1. The van der Waals surface area contributed by atoms with Gasteiger partial charge in [-0.05, 0) is 18.1 Å². The number of ketones is 1. The summed E-state index contributed by atoms with van der Waals surface area (Å²) in [6.45, 7) is 1.91. The summed E-state index contributed by atoms with van der Waals surface area (Å²) in [5, 5.41) is 3.69. The first-order valence-corrected chi connectivity index (χ1v) is 6.35. The number of aromatic nitrogens is 2. The Balaban J connectivity index is 2.04. The molecule has 0 atom stereocenters. The fourth-order valence-corrected chi connectivity index (χ4v) is 1.81. The third kappa shape index (κ3) is 3.69. The molecule has 0 N–H and O–H groups in total. The minimum atomic E-state index is -0.654. The number of benzene rings is 1. The van der Waals surface area contributed by atoms with E-state index in [1.165, 1.54) is 12.1 Å². The number of rotatable bonds is 6. The first kappa shape index (κ1) is 14.3. The van der Waals surface area contributed by atoms with E-state index in [-0.39, 0.29) is 35.9 Å². The van der Waals surface area contributed by atoms with E-state index in [1.807, 2.05) is 6.92 Å². The number of halogens is 2. The molecule has 1 heterocycles. The van der Waals surface area contributed by atoms with Gasteiger partial charge < -0.3 is 4.52 Å². The molecule has 1 aromatic carbocycles. The summed E-state index contributed by atoms with van der Waals surface area (Å²) in [4.78, 5) is 15.5. The van der Waals surface area contributed by atoms with Crippen molar-refractivity contribution in [2.75, 3.05) is 0 Å². The highest BCUT2D eigenvalue weighted by molar-refractivity contribution is 5.79. The molecule has 0 unspecified atom stereocenters. The van der Waals surface area contributed by atoms with Crippen LogP contribution < -0.4 is 0 Å². The smallest absolute Gasteiger partial charge is 0.234 e. The van der Waals surface area contributed by atoms with E-state index >= 15 is 0 Å². The van der Waals surface area contributed by atoms with Crippen LogP contribution in [0.2, 0.25) is 0 Å². The highest BCUT2D eigenvalue weighted by Crippen LogP contribution is 2.13. The van der Waals surface area contributed by atoms with Crippen molar-refractivity contribution in [2.24, 2.45) is 0 Å². The summed E-state index contributed by atoms with van der Waals surface area (Å²) in [6.07, 6.45) is 1.41. The fraction of sp³-hybridized carbons (Fsp3) is 0.357. The number of hydrogen-bond donors (Lipinski definition) is 0. The van der Waals surface area contributed by atoms with Crippen LogP contribution in [-0.2, 0) is 17.6 Å². The molecule has 0 amide bonds. The minimum absolute atomic E-state index is 0.0238. The van der Waals surface area contributed by atoms with Crippen LogP contribution in [0.4, 0.5) is 8.78 Å². The summed E-state index contributed by atoms with van der Waals surface area (Å²) in [6, 6.07) is 3.31. The van der Waals surface area contributed by atoms with Gasteiger partial charge in [-0.1, -0.05) is 18.1 Å². The summed E-state index contributed by atoms with van der Waals surface area (Å²) < 4.78 is 31.2. The molecule has 2 aromatic rings. The molecular weight excluding hydrogens is 266 g/mol. The van der Waals surface area contributed by atoms with Crippen LogP contribution in [0.5, 0.6) is 0 Å². The van der Waals surface area contributed by atoms with Crippen molar-refractivity contribution in [1.82, 2.24) is 10.1 Å². The molecule has 0 saturated heterocycles. The molecule has 2 rings (SSSR count). The van der Waals surface area contributed by atoms with Crippen molar-refractivity contribution >= 4 is 5.78 Å². The molecule has 0 aliphatic carbocycles. The molecule has 1 aromatic heterocycles. The largest absolute Gasteiger partial charge is 0.339 e. The lowest BCUT2D eigenvalue weighted by atomic mass is 10.1. The summed E-state index contributed by atoms with van der Waals surface area (Å²) in [7, 11) is 0. The highest BCUT2D eigenvalue weighted by Gasteiger charge is 2.13. The SMILES string of the molecule is CCCC(=O)Cc1nc(Cc2ccc(F)cc2F)no1. The van der Waals surface area contributed by atoms with Crippen molar-refractivity contribution in [3.63, 3.8) is 0 Å². The second kappa shape index (κ2) is 6.36. The predicted molar refractivity (Wildman–Crippen MR) is 67.1 cm³/mol. The van der Waals surface area contributed by atoms with Gasteiger partial charge in [0.25, 0.3) is 0 Å². The van der Waals surface area contributed by atoms with Crippen molar-refractivity contribution in [1.29, 1.82) is 0 Å². The first-order chi connectivity index (χ1) is 9.58. The molecule has 0 saturated carbocycles. The Hall–Kier alpha value is -2.11. The monoisotopic (exact) mass is 280 g/mol. The van der Waals surface area contributed by atoms with Crippen molar-refractivity contribution in [3.8, 4) is 0 Å². The second-order valence-corrected chi connectivity index (χ2v) is 4.48. The maximum Gasteiger partial charge on any atom is 0.234 e. The Morgan fingerprint density at radius 1 is 1.35 bits per heavy atom. The number of carbonyl (C=O) groups excluding carboxylic acids is 1. The number of nitrogens with zero attached hydrogens (tertiary/aromatic N) is 2. The topological polar surface area (TPSA) is 56.0 Å². The number of carbonyl (C=O) groups is 1. The van der Waals surface area contributed by atoms with E-state index in [0.717, 1.165) is 12.5 Å². The molecular formula is C14H14F2N2O2. The zero-order chi connectivity index (χ0) is 14.5. The zero-order valence-electron chi connectivity index (χ0n) is 11.0. The van der Waals surface area contributed by atoms with Gasteiger partial charge in [-0.25, -0.2) is 8.78 Å². The van der Waals surface area contributed by atoms with Gasteiger partial charge in [0.05, 0.1) is 6.42 Å². The van der Waals surface area contributed by atoms with Crippen LogP contribution >= 0.6 is 0 Å². The normalized spacial score (nSPS) is 10.8. The van der Waals surface area contributed by atoms with E-state index < -0.39 is 11.6 Å². The quantitative estimate of drug-likeness (QED) is 0.816. The average molecular weight is 280 g/mol. The standard InChI is InChI=1S/C14H14F2N2O2/c1-2-3-11(19)8-14-17-13(18-20-14)6-9-4-5-10(15)7-12(9)16/h4-5,7H,2-3,6,8H2,1H3. The fourth-order valence-electron chi connectivity index (χ4n) is 1.81. The third-order valence-electron chi connectivity index (χ3n) is 2.75. The number of Topliss-reactive ketones (excluding diaryl/α,β-unsaturated/α-hetero) is 1. The van der Waals surface area contributed by atoms with Crippen LogP contribution in [0.15, 0.2) is 22.7 Å². The van der Waals surface area contributed by atoms with Crippen molar-refractivity contribution in [3.05, 3.63) is 47.1 Å². The minimum Gasteiger partial charge on any atom is -0.339 e. The second-order valence-electron chi connectivity index (χ2n) is 4.48. The van der Waals surface area contributed by atoms with Crippen LogP contribution in [-0.4, -0.2) is 15.9 Å². The van der Waals surface area contributed by atoms with E-state index in [9.17, 15) is 13.6 Å². The zero-order valence-corrected chi connectivity index (χ0v) is 11.0. The molecule has 6 heteroatoms. The van der Waals surface area contributed by atoms with Crippen LogP contribution in [0.1, 0.15) is 37.0 Å². The van der Waals surface area contributed by atoms with Gasteiger partial charge in [0.2, 0.25) is 5.89 Å². The summed E-state index contributed by atoms with van der Waals surface area (Å²) >= 11 is 0. The molecule has 106 valence electrons. The van der Waals surface area contributed by atoms with E-state index in [4.69, 9.17) is 4.52 Å². The molecule has 0 bridgehead atoms. The van der Waals surface area contributed by atoms with Crippen LogP contribution in [0, 0.1) is 11.6 Å². The van der Waals surface area contributed by atoms with Crippen LogP contribution in [0.3, 0.4) is 0 Å². The lowest BCUT2D eigenvalue weighted by Gasteiger charge is -1.99. The van der Waals surface area contributed by atoms with Gasteiger partial charge >= 0.3 is 0 Å². The van der Waals surface area contributed by atoms with Gasteiger partial charge in [0.15, 0.2) is 5.82 Å². The van der Waals surface area contributed by atoms with E-state index in [0.29, 0.717) is 6.42 Å². The van der Waals surface area contributed by atoms with Crippen LogP contribution in [0.25, 0.3) is 0 Å². The molecule has 0 fully saturated rings.